The molecule has 7 heteroatoms. The minimum absolute atomic E-state index is 0.307. The van der Waals surface area contributed by atoms with Crippen LogP contribution in [0.5, 0.6) is 0 Å². The van der Waals surface area contributed by atoms with Crippen molar-refractivity contribution in [2.45, 2.75) is 6.43 Å². The lowest BCUT2D eigenvalue weighted by Crippen LogP contribution is -2.20. The molecule has 3 N–H and O–H groups in total. The number of amides is 1. The normalized spacial score (nSPS) is 10.6. The Kier molecular flexibility index (Phi) is 5.11. The number of hydrogen-bond donors (Lipinski definition) is 2. The molecule has 1 aromatic carbocycles. The minimum atomic E-state index is -2.60. The van der Waals surface area contributed by atoms with E-state index in [1.807, 2.05) is 0 Å². The largest absolute Gasteiger partial charge is 0.399 e. The highest BCUT2D eigenvalue weighted by Crippen LogP contribution is 2.23. The molecule has 0 unspecified atom stereocenters. The second-order valence-corrected chi connectivity index (χ2v) is 3.60. The second-order valence-electron chi connectivity index (χ2n) is 3.19. The Bertz CT molecular complexity index is 402. The molecule has 17 heavy (non-hydrogen) atoms. The van der Waals surface area contributed by atoms with Gasteiger partial charge in [0.25, 0.3) is 6.43 Å². The van der Waals surface area contributed by atoms with Crippen molar-refractivity contribution in [2.24, 2.45) is 0 Å². The van der Waals surface area contributed by atoms with Crippen LogP contribution in [-0.2, 0) is 9.53 Å². The SMILES string of the molecule is Nc1ccc(Cl)c(NC(=O)COCC(F)F)c1. The second kappa shape index (κ2) is 6.36. The lowest BCUT2D eigenvalue weighted by Gasteiger charge is -2.08. The van der Waals surface area contributed by atoms with Crippen molar-refractivity contribution in [3.8, 4) is 0 Å². The van der Waals surface area contributed by atoms with Gasteiger partial charge in [0, 0.05) is 5.69 Å². The molecule has 0 aliphatic heterocycles. The van der Waals surface area contributed by atoms with Gasteiger partial charge in [0.15, 0.2) is 0 Å². The Morgan fingerprint density at radius 1 is 1.53 bits per heavy atom. The molecule has 0 aromatic heterocycles. The summed E-state index contributed by atoms with van der Waals surface area (Å²) in [6.45, 7) is -1.24. The summed E-state index contributed by atoms with van der Waals surface area (Å²) in [7, 11) is 0. The monoisotopic (exact) mass is 264 g/mol. The molecule has 0 bridgehead atoms. The number of halogens is 3. The summed E-state index contributed by atoms with van der Waals surface area (Å²) in [4.78, 5) is 11.3. The number of benzene rings is 1. The van der Waals surface area contributed by atoms with Crippen LogP contribution in [0.15, 0.2) is 18.2 Å². The van der Waals surface area contributed by atoms with E-state index in [0.717, 1.165) is 0 Å². The van der Waals surface area contributed by atoms with Gasteiger partial charge in [-0.3, -0.25) is 4.79 Å². The maximum Gasteiger partial charge on any atom is 0.261 e. The molecular weight excluding hydrogens is 254 g/mol. The predicted octanol–water partition coefficient (Wildman–Crippen LogP) is 2.14. The average Bonchev–Trinajstić information content (AvgIpc) is 2.23. The highest BCUT2D eigenvalue weighted by atomic mass is 35.5. The van der Waals surface area contributed by atoms with E-state index in [0.29, 0.717) is 16.4 Å². The van der Waals surface area contributed by atoms with Crippen LogP contribution < -0.4 is 11.1 Å². The molecule has 0 radical (unpaired) electrons. The smallest absolute Gasteiger partial charge is 0.261 e. The predicted molar refractivity (Wildman–Crippen MR) is 61.3 cm³/mol. The van der Waals surface area contributed by atoms with E-state index in [4.69, 9.17) is 17.3 Å². The first-order valence-electron chi connectivity index (χ1n) is 4.70. The minimum Gasteiger partial charge on any atom is -0.399 e. The molecule has 1 amide bonds. The van der Waals surface area contributed by atoms with E-state index < -0.39 is 25.5 Å². The van der Waals surface area contributed by atoms with E-state index in [1.54, 1.807) is 6.07 Å². The third-order valence-corrected chi connectivity index (χ3v) is 2.07. The van der Waals surface area contributed by atoms with Gasteiger partial charge in [0.05, 0.1) is 10.7 Å². The zero-order valence-electron chi connectivity index (χ0n) is 8.75. The van der Waals surface area contributed by atoms with Crippen LogP contribution >= 0.6 is 11.6 Å². The molecular formula is C10H11ClF2N2O2. The van der Waals surface area contributed by atoms with Gasteiger partial charge >= 0.3 is 0 Å². The molecule has 0 saturated carbocycles. The number of nitrogens with one attached hydrogen (secondary N) is 1. The molecule has 0 atom stereocenters. The van der Waals surface area contributed by atoms with Crippen molar-refractivity contribution in [2.75, 3.05) is 24.3 Å². The number of hydrogen-bond acceptors (Lipinski definition) is 3. The summed E-state index contributed by atoms with van der Waals surface area (Å²) in [5.74, 6) is -0.571. The van der Waals surface area contributed by atoms with Crippen molar-refractivity contribution in [1.29, 1.82) is 0 Å². The van der Waals surface area contributed by atoms with Crippen molar-refractivity contribution in [3.63, 3.8) is 0 Å². The van der Waals surface area contributed by atoms with E-state index in [1.165, 1.54) is 12.1 Å². The number of anilines is 2. The van der Waals surface area contributed by atoms with Crippen LogP contribution in [-0.4, -0.2) is 25.5 Å². The summed E-state index contributed by atoms with van der Waals surface area (Å²) in [5.41, 5.74) is 6.25. The molecule has 4 nitrogen and oxygen atoms in total. The quantitative estimate of drug-likeness (QED) is 0.801. The van der Waals surface area contributed by atoms with E-state index in [2.05, 4.69) is 10.1 Å². The van der Waals surface area contributed by atoms with Crippen LogP contribution in [0.25, 0.3) is 0 Å². The zero-order valence-corrected chi connectivity index (χ0v) is 9.51. The van der Waals surface area contributed by atoms with Gasteiger partial charge in [0.2, 0.25) is 5.91 Å². The zero-order chi connectivity index (χ0) is 12.8. The Morgan fingerprint density at radius 2 is 2.24 bits per heavy atom. The lowest BCUT2D eigenvalue weighted by atomic mass is 10.3. The van der Waals surface area contributed by atoms with Gasteiger partial charge in [0.1, 0.15) is 13.2 Å². The summed E-state index contributed by atoms with van der Waals surface area (Å²) in [6, 6.07) is 4.56. The Morgan fingerprint density at radius 3 is 2.88 bits per heavy atom. The number of nitrogen functional groups attached to an aromatic ring is 1. The maximum atomic E-state index is 11.7. The molecule has 1 aromatic rings. The summed E-state index contributed by atoms with van der Waals surface area (Å²) in [5, 5.41) is 2.71. The molecule has 0 spiro atoms. The Balaban J connectivity index is 2.47. The molecule has 0 saturated heterocycles. The number of ether oxygens (including phenoxy) is 1. The fourth-order valence-corrected chi connectivity index (χ4v) is 1.23. The van der Waals surface area contributed by atoms with Gasteiger partial charge in [-0.2, -0.15) is 0 Å². The standard InChI is InChI=1S/C10H11ClF2N2O2/c11-7-2-1-6(14)3-8(7)15-10(16)5-17-4-9(12)13/h1-3,9H,4-5,14H2,(H,15,16). The number of carbonyl (C=O) groups is 1. The maximum absolute atomic E-state index is 11.7. The van der Waals surface area contributed by atoms with Crippen molar-refractivity contribution in [3.05, 3.63) is 23.2 Å². The highest BCUT2D eigenvalue weighted by Gasteiger charge is 2.08. The summed E-state index contributed by atoms with van der Waals surface area (Å²) >= 11 is 5.79. The fourth-order valence-electron chi connectivity index (χ4n) is 1.07. The number of rotatable bonds is 5. The average molecular weight is 265 g/mol. The molecule has 94 valence electrons. The van der Waals surface area contributed by atoms with Crippen molar-refractivity contribution in [1.82, 2.24) is 0 Å². The summed E-state index contributed by atoms with van der Waals surface area (Å²) in [6.07, 6.45) is -2.60. The van der Waals surface area contributed by atoms with Gasteiger partial charge in [-0.1, -0.05) is 11.6 Å². The molecule has 0 fully saturated rings. The molecule has 0 aliphatic rings. The third-order valence-electron chi connectivity index (χ3n) is 1.74. The van der Waals surface area contributed by atoms with Crippen LogP contribution in [0.3, 0.4) is 0 Å². The first-order chi connectivity index (χ1) is 7.99. The van der Waals surface area contributed by atoms with Crippen LogP contribution in [0.1, 0.15) is 0 Å². The molecule has 1 rings (SSSR count). The van der Waals surface area contributed by atoms with Gasteiger partial charge in [-0.25, -0.2) is 8.78 Å². The van der Waals surface area contributed by atoms with Gasteiger partial charge < -0.3 is 15.8 Å². The Labute approximate surface area is 102 Å². The molecule has 0 aliphatic carbocycles. The van der Waals surface area contributed by atoms with Crippen LogP contribution in [0.2, 0.25) is 5.02 Å². The van der Waals surface area contributed by atoms with Gasteiger partial charge in [-0.15, -0.1) is 0 Å². The molecule has 0 heterocycles. The highest BCUT2D eigenvalue weighted by molar-refractivity contribution is 6.33. The number of carbonyl (C=O) groups excluding carboxylic acids is 1. The number of nitrogens with two attached hydrogens (primary N) is 1. The third kappa shape index (κ3) is 4.97. The van der Waals surface area contributed by atoms with Crippen LogP contribution in [0.4, 0.5) is 20.2 Å². The van der Waals surface area contributed by atoms with Crippen LogP contribution in [0, 0.1) is 0 Å². The van der Waals surface area contributed by atoms with E-state index in [-0.39, 0.29) is 0 Å². The topological polar surface area (TPSA) is 64.3 Å². The van der Waals surface area contributed by atoms with Gasteiger partial charge in [-0.05, 0) is 18.2 Å². The fraction of sp³-hybridized carbons (Fsp3) is 0.300. The van der Waals surface area contributed by atoms with E-state index in [9.17, 15) is 13.6 Å². The van der Waals surface area contributed by atoms with Crippen molar-refractivity contribution < 1.29 is 18.3 Å². The Hall–Kier alpha value is -1.40. The first-order valence-corrected chi connectivity index (χ1v) is 5.07. The summed E-state index contributed by atoms with van der Waals surface area (Å²) < 4.78 is 27.9. The van der Waals surface area contributed by atoms with E-state index >= 15 is 0 Å². The number of alkyl halides is 2. The first kappa shape index (κ1) is 13.7. The van der Waals surface area contributed by atoms with Crippen molar-refractivity contribution >= 4 is 28.9 Å². The lowest BCUT2D eigenvalue weighted by molar-refractivity contribution is -0.121.